The Balaban J connectivity index is 2.05. The highest BCUT2D eigenvalue weighted by Crippen LogP contribution is 2.59. The normalized spacial score (nSPS) is 41.1. The Morgan fingerprint density at radius 3 is 2.62 bits per heavy atom. The molecule has 0 unspecified atom stereocenters. The molecule has 1 heterocycles. The number of esters is 1. The Morgan fingerprint density at radius 1 is 1.24 bits per heavy atom. The number of ether oxygens (including phenoxy) is 1. The van der Waals surface area contributed by atoms with Gasteiger partial charge in [-0.2, -0.15) is 0 Å². The summed E-state index contributed by atoms with van der Waals surface area (Å²) in [6.07, 6.45) is 10.7. The Bertz CT molecular complexity index is 566. The molecule has 1 aliphatic heterocycles. The number of allylic oxidation sites excluding steroid dienone is 2. The van der Waals surface area contributed by atoms with Gasteiger partial charge < -0.3 is 4.74 Å². The lowest BCUT2D eigenvalue weighted by Gasteiger charge is -2.54. The minimum absolute atomic E-state index is 0.101. The maximum absolute atomic E-state index is 12.0. The highest BCUT2D eigenvalue weighted by molar-refractivity contribution is 5.87. The molecular weight excluding hydrogens is 260 g/mol. The van der Waals surface area contributed by atoms with E-state index in [9.17, 15) is 4.79 Å². The van der Waals surface area contributed by atoms with Gasteiger partial charge in [0.25, 0.3) is 0 Å². The summed E-state index contributed by atoms with van der Waals surface area (Å²) in [6.45, 7) is 12.7. The average Bonchev–Trinajstić information content (AvgIpc) is 2.39. The third kappa shape index (κ3) is 2.11. The van der Waals surface area contributed by atoms with Crippen LogP contribution in [-0.2, 0) is 9.53 Å². The van der Waals surface area contributed by atoms with Crippen LogP contribution in [0.2, 0.25) is 0 Å². The number of carbonyl (C=O) groups excluding carboxylic acids is 1. The molecule has 21 heavy (non-hydrogen) atoms. The monoisotopic (exact) mass is 286 g/mol. The van der Waals surface area contributed by atoms with Crippen LogP contribution in [0, 0.1) is 16.7 Å². The van der Waals surface area contributed by atoms with Gasteiger partial charge in [-0.1, -0.05) is 26.0 Å². The Kier molecular flexibility index (Phi) is 3.02. The molecule has 2 heteroatoms. The van der Waals surface area contributed by atoms with Crippen LogP contribution in [0.3, 0.4) is 0 Å². The van der Waals surface area contributed by atoms with Gasteiger partial charge in [-0.25, -0.2) is 4.79 Å². The topological polar surface area (TPSA) is 26.3 Å². The van der Waals surface area contributed by atoms with Crippen molar-refractivity contribution in [2.75, 3.05) is 0 Å². The smallest absolute Gasteiger partial charge is 0.331 e. The molecule has 3 rings (SSSR count). The molecule has 1 fully saturated rings. The molecule has 0 saturated heterocycles. The first-order chi connectivity index (χ1) is 9.70. The number of carbonyl (C=O) groups is 1. The van der Waals surface area contributed by atoms with E-state index < -0.39 is 5.60 Å². The molecule has 0 radical (unpaired) electrons. The number of rotatable bonds is 1. The van der Waals surface area contributed by atoms with Gasteiger partial charge in [0.1, 0.15) is 5.60 Å². The molecule has 0 aromatic carbocycles. The molecular formula is C19H26O2. The number of hydrogen-bond donors (Lipinski definition) is 0. The van der Waals surface area contributed by atoms with E-state index in [0.29, 0.717) is 5.92 Å². The van der Waals surface area contributed by atoms with Gasteiger partial charge in [0.05, 0.1) is 0 Å². The minimum Gasteiger partial charge on any atom is -0.452 e. The Hall–Kier alpha value is -1.31. The quantitative estimate of drug-likeness (QED) is 0.521. The zero-order chi connectivity index (χ0) is 15.5. The fourth-order valence-corrected chi connectivity index (χ4v) is 4.47. The van der Waals surface area contributed by atoms with Crippen molar-refractivity contribution in [1.82, 2.24) is 0 Å². The van der Waals surface area contributed by atoms with E-state index in [4.69, 9.17) is 4.74 Å². The molecule has 3 atom stereocenters. The second-order valence-corrected chi connectivity index (χ2v) is 8.02. The van der Waals surface area contributed by atoms with Gasteiger partial charge in [-0.3, -0.25) is 0 Å². The van der Waals surface area contributed by atoms with Crippen molar-refractivity contribution in [2.24, 2.45) is 16.7 Å². The van der Waals surface area contributed by atoms with Crippen molar-refractivity contribution in [3.8, 4) is 0 Å². The zero-order valence-electron chi connectivity index (χ0n) is 13.7. The van der Waals surface area contributed by atoms with E-state index in [1.54, 1.807) is 6.08 Å². The Morgan fingerprint density at radius 2 is 1.95 bits per heavy atom. The predicted octanol–water partition coefficient (Wildman–Crippen LogP) is 4.58. The van der Waals surface area contributed by atoms with Crippen molar-refractivity contribution in [2.45, 2.75) is 59.0 Å². The van der Waals surface area contributed by atoms with Gasteiger partial charge >= 0.3 is 5.97 Å². The van der Waals surface area contributed by atoms with Crippen molar-refractivity contribution < 1.29 is 9.53 Å². The highest BCUT2D eigenvalue weighted by Gasteiger charge is 2.51. The summed E-state index contributed by atoms with van der Waals surface area (Å²) in [7, 11) is 0. The second kappa shape index (κ2) is 4.34. The summed E-state index contributed by atoms with van der Waals surface area (Å²) < 4.78 is 5.53. The summed E-state index contributed by atoms with van der Waals surface area (Å²) >= 11 is 0. The second-order valence-electron chi connectivity index (χ2n) is 8.02. The highest BCUT2D eigenvalue weighted by atomic mass is 16.6. The van der Waals surface area contributed by atoms with E-state index in [1.165, 1.54) is 11.1 Å². The van der Waals surface area contributed by atoms with E-state index >= 15 is 0 Å². The molecule has 0 spiro atoms. The number of hydrogen-bond acceptors (Lipinski definition) is 2. The third-order valence-corrected chi connectivity index (χ3v) is 6.10. The number of cyclic esters (lactones) is 1. The van der Waals surface area contributed by atoms with Crippen LogP contribution in [0.4, 0.5) is 0 Å². The first kappa shape index (κ1) is 14.6. The lowest BCUT2D eigenvalue weighted by atomic mass is 9.52. The lowest BCUT2D eigenvalue weighted by Crippen LogP contribution is -2.47. The van der Waals surface area contributed by atoms with E-state index in [2.05, 4.69) is 32.6 Å². The van der Waals surface area contributed by atoms with Gasteiger partial charge in [0.15, 0.2) is 0 Å². The van der Waals surface area contributed by atoms with Crippen LogP contribution < -0.4 is 0 Å². The zero-order valence-corrected chi connectivity index (χ0v) is 13.7. The van der Waals surface area contributed by atoms with Crippen LogP contribution in [0.25, 0.3) is 0 Å². The van der Waals surface area contributed by atoms with Gasteiger partial charge in [0.2, 0.25) is 0 Å². The maximum atomic E-state index is 12.0. The molecule has 2 nitrogen and oxygen atoms in total. The molecule has 2 aliphatic carbocycles. The first-order valence-corrected chi connectivity index (χ1v) is 8.00. The van der Waals surface area contributed by atoms with Crippen molar-refractivity contribution >= 4 is 5.97 Å². The van der Waals surface area contributed by atoms with Crippen molar-refractivity contribution in [3.63, 3.8) is 0 Å². The predicted molar refractivity (Wildman–Crippen MR) is 84.7 cm³/mol. The molecule has 0 aromatic rings. The van der Waals surface area contributed by atoms with Gasteiger partial charge in [0, 0.05) is 6.08 Å². The van der Waals surface area contributed by atoms with Crippen molar-refractivity contribution in [1.29, 1.82) is 0 Å². The summed E-state index contributed by atoms with van der Waals surface area (Å²) in [5.74, 6) is 0.400. The molecule has 114 valence electrons. The maximum Gasteiger partial charge on any atom is 0.331 e. The van der Waals surface area contributed by atoms with E-state index in [0.717, 1.165) is 25.7 Å². The van der Waals surface area contributed by atoms with Crippen molar-refractivity contribution in [3.05, 3.63) is 36.0 Å². The summed E-state index contributed by atoms with van der Waals surface area (Å²) in [5, 5.41) is 0. The summed E-state index contributed by atoms with van der Waals surface area (Å²) in [6, 6.07) is 0. The molecule has 1 saturated carbocycles. The molecule has 0 bridgehead atoms. The van der Waals surface area contributed by atoms with E-state index in [-0.39, 0.29) is 16.8 Å². The van der Waals surface area contributed by atoms with Gasteiger partial charge in [-0.15, -0.1) is 6.58 Å². The number of fused-ring (bicyclic) bond motifs is 3. The fourth-order valence-electron chi connectivity index (χ4n) is 4.47. The summed E-state index contributed by atoms with van der Waals surface area (Å²) in [4.78, 5) is 12.0. The third-order valence-electron chi connectivity index (χ3n) is 6.10. The summed E-state index contributed by atoms with van der Waals surface area (Å²) in [5.41, 5.74) is 2.30. The van der Waals surface area contributed by atoms with Crippen LogP contribution in [0.15, 0.2) is 36.0 Å². The van der Waals surface area contributed by atoms with Crippen LogP contribution in [0.1, 0.15) is 53.4 Å². The minimum atomic E-state index is -0.492. The van der Waals surface area contributed by atoms with Crippen LogP contribution in [-0.4, -0.2) is 11.6 Å². The molecule has 0 aromatic heterocycles. The van der Waals surface area contributed by atoms with Crippen LogP contribution >= 0.6 is 0 Å². The SMILES string of the molecule is C=C[C@]1(C)CC[C@@]2(C)C3=CC(=O)OC(C)(C)C3=CC[C@@H]2C1. The average molecular weight is 286 g/mol. The fraction of sp³-hybridized carbons (Fsp3) is 0.632. The Labute approximate surface area is 127 Å². The van der Waals surface area contributed by atoms with Crippen LogP contribution in [0.5, 0.6) is 0 Å². The van der Waals surface area contributed by atoms with E-state index in [1.807, 2.05) is 13.8 Å². The molecule has 3 aliphatic rings. The molecule has 0 N–H and O–H groups in total. The molecule has 0 amide bonds. The lowest BCUT2D eigenvalue weighted by molar-refractivity contribution is -0.148. The first-order valence-electron chi connectivity index (χ1n) is 8.00. The largest absolute Gasteiger partial charge is 0.452 e. The standard InChI is InChI=1S/C19H26O2/c1-6-18(4)9-10-19(5)13(12-18)7-8-14-15(19)11-16(20)21-17(14,2)3/h6,8,11,13H,1,7,9-10,12H2,2-5H3/t13-,18-,19-/m1/s1. The van der Waals surface area contributed by atoms with Gasteiger partial charge in [-0.05, 0) is 67.4 Å².